The molecule has 0 fully saturated rings. The number of hydrogen-bond acceptors (Lipinski definition) is 5. The molecule has 22 heavy (non-hydrogen) atoms. The van der Waals surface area contributed by atoms with Gasteiger partial charge in [-0.3, -0.25) is 0 Å². The van der Waals surface area contributed by atoms with Gasteiger partial charge in [-0.05, 0) is 12.1 Å². The van der Waals surface area contributed by atoms with Gasteiger partial charge in [0.05, 0.1) is 15.8 Å². The summed E-state index contributed by atoms with van der Waals surface area (Å²) in [5.41, 5.74) is -0.360. The van der Waals surface area contributed by atoms with Crippen molar-refractivity contribution in [3.05, 3.63) is 53.6 Å². The summed E-state index contributed by atoms with van der Waals surface area (Å²) in [6, 6.07) is 7.63. The first kappa shape index (κ1) is 14.5. The van der Waals surface area contributed by atoms with Crippen molar-refractivity contribution in [1.82, 2.24) is 13.9 Å². The largest absolute Gasteiger partial charge is 0.478 e. The number of fused-ring (bicyclic) bond motifs is 1. The van der Waals surface area contributed by atoms with Gasteiger partial charge < -0.3 is 5.11 Å². The highest BCUT2D eigenvalue weighted by Crippen LogP contribution is 2.28. The van der Waals surface area contributed by atoms with Crippen LogP contribution in [0.3, 0.4) is 0 Å². The minimum Gasteiger partial charge on any atom is -0.478 e. The van der Waals surface area contributed by atoms with E-state index >= 15 is 0 Å². The summed E-state index contributed by atoms with van der Waals surface area (Å²) >= 11 is 5.89. The van der Waals surface area contributed by atoms with Crippen LogP contribution in [-0.4, -0.2) is 33.4 Å². The molecular formula is C13H8ClN3O4S. The maximum atomic E-state index is 12.7. The van der Waals surface area contributed by atoms with E-state index in [1.165, 1.54) is 12.1 Å². The molecular weight excluding hydrogens is 330 g/mol. The monoisotopic (exact) mass is 337 g/mol. The van der Waals surface area contributed by atoms with Gasteiger partial charge in [-0.1, -0.05) is 29.8 Å². The second kappa shape index (κ2) is 5.08. The highest BCUT2D eigenvalue weighted by molar-refractivity contribution is 7.90. The van der Waals surface area contributed by atoms with Crippen LogP contribution in [0, 0.1) is 0 Å². The Morgan fingerprint density at radius 2 is 1.86 bits per heavy atom. The van der Waals surface area contributed by atoms with Gasteiger partial charge >= 0.3 is 5.97 Å². The number of halogens is 1. The number of carboxylic acids is 1. The Hall–Kier alpha value is -2.45. The molecule has 2 aromatic heterocycles. The molecule has 0 bridgehead atoms. The predicted molar refractivity (Wildman–Crippen MR) is 78.5 cm³/mol. The third-order valence-corrected chi connectivity index (χ3v) is 4.99. The van der Waals surface area contributed by atoms with Crippen LogP contribution >= 0.6 is 11.6 Å². The number of aromatic nitrogens is 3. The van der Waals surface area contributed by atoms with Crippen LogP contribution in [0.15, 0.2) is 47.8 Å². The number of benzene rings is 1. The van der Waals surface area contributed by atoms with Crippen molar-refractivity contribution < 1.29 is 18.3 Å². The van der Waals surface area contributed by atoms with Gasteiger partial charge in [-0.25, -0.2) is 27.2 Å². The molecule has 0 spiro atoms. The molecule has 9 heteroatoms. The SMILES string of the molecule is O=C(O)c1cn(S(=O)(=O)c2ccccc2)c2ncnc(Cl)c12. The van der Waals surface area contributed by atoms with Gasteiger partial charge in [0, 0.05) is 6.20 Å². The number of nitrogens with zero attached hydrogens (tertiary/aromatic N) is 3. The van der Waals surface area contributed by atoms with Crippen LogP contribution in [0.4, 0.5) is 0 Å². The number of carboxylic acid groups (broad SMARTS) is 1. The predicted octanol–water partition coefficient (Wildman–Crippen LogP) is 2.02. The van der Waals surface area contributed by atoms with E-state index in [0.29, 0.717) is 0 Å². The van der Waals surface area contributed by atoms with Crippen LogP contribution in [0.5, 0.6) is 0 Å². The molecule has 0 atom stereocenters. The van der Waals surface area contributed by atoms with Crippen LogP contribution in [0.1, 0.15) is 10.4 Å². The molecule has 0 aliphatic carbocycles. The van der Waals surface area contributed by atoms with E-state index in [1.54, 1.807) is 18.2 Å². The fourth-order valence-electron chi connectivity index (χ4n) is 2.05. The molecule has 0 amide bonds. The van der Waals surface area contributed by atoms with Gasteiger partial charge in [0.2, 0.25) is 0 Å². The maximum absolute atomic E-state index is 12.7. The average molecular weight is 338 g/mol. The van der Waals surface area contributed by atoms with Gasteiger partial charge in [-0.15, -0.1) is 0 Å². The summed E-state index contributed by atoms with van der Waals surface area (Å²) in [6.45, 7) is 0. The van der Waals surface area contributed by atoms with Crippen molar-refractivity contribution in [2.75, 3.05) is 0 Å². The Bertz CT molecular complexity index is 983. The van der Waals surface area contributed by atoms with E-state index in [1.807, 2.05) is 0 Å². The first-order chi connectivity index (χ1) is 10.4. The zero-order valence-electron chi connectivity index (χ0n) is 10.8. The molecule has 0 aliphatic heterocycles. The summed E-state index contributed by atoms with van der Waals surface area (Å²) < 4.78 is 26.1. The number of hydrogen-bond donors (Lipinski definition) is 1. The quantitative estimate of drug-likeness (QED) is 0.733. The van der Waals surface area contributed by atoms with Crippen LogP contribution in [-0.2, 0) is 10.0 Å². The Balaban J connectivity index is 2.38. The van der Waals surface area contributed by atoms with Crippen molar-refractivity contribution in [1.29, 1.82) is 0 Å². The smallest absolute Gasteiger partial charge is 0.338 e. The van der Waals surface area contributed by atoms with Crippen molar-refractivity contribution in [2.45, 2.75) is 4.90 Å². The molecule has 1 aromatic carbocycles. The normalized spacial score (nSPS) is 11.7. The number of rotatable bonds is 3. The highest BCUT2D eigenvalue weighted by Gasteiger charge is 2.26. The molecule has 7 nitrogen and oxygen atoms in total. The lowest BCUT2D eigenvalue weighted by Gasteiger charge is -2.06. The summed E-state index contributed by atoms with van der Waals surface area (Å²) in [5, 5.41) is 9.10. The van der Waals surface area contributed by atoms with E-state index in [-0.39, 0.29) is 26.6 Å². The third kappa shape index (κ3) is 2.13. The highest BCUT2D eigenvalue weighted by atomic mass is 35.5. The molecule has 0 unspecified atom stereocenters. The second-order valence-corrected chi connectivity index (χ2v) is 6.50. The molecule has 0 aliphatic rings. The Kier molecular flexibility index (Phi) is 3.34. The minimum atomic E-state index is -3.99. The van der Waals surface area contributed by atoms with E-state index < -0.39 is 16.0 Å². The summed E-state index contributed by atoms with van der Waals surface area (Å²) in [6.07, 6.45) is 2.06. The molecule has 0 saturated heterocycles. The third-order valence-electron chi connectivity index (χ3n) is 3.04. The standard InChI is InChI=1S/C13H8ClN3O4S/c14-11-10-9(13(18)19)6-17(12(10)16-7-15-11)22(20,21)8-4-2-1-3-5-8/h1-7H,(H,18,19). The lowest BCUT2D eigenvalue weighted by molar-refractivity contribution is 0.0699. The zero-order chi connectivity index (χ0) is 15.9. The van der Waals surface area contributed by atoms with E-state index in [9.17, 15) is 18.3 Å². The Labute approximate surface area is 129 Å². The average Bonchev–Trinajstić information content (AvgIpc) is 2.90. The number of aromatic carboxylic acids is 1. The first-order valence-electron chi connectivity index (χ1n) is 5.98. The van der Waals surface area contributed by atoms with Crippen LogP contribution < -0.4 is 0 Å². The summed E-state index contributed by atoms with van der Waals surface area (Å²) in [4.78, 5) is 18.9. The molecule has 3 aromatic rings. The molecule has 3 rings (SSSR count). The van der Waals surface area contributed by atoms with Crippen molar-refractivity contribution in [3.8, 4) is 0 Å². The van der Waals surface area contributed by atoms with E-state index in [2.05, 4.69) is 9.97 Å². The van der Waals surface area contributed by atoms with E-state index in [0.717, 1.165) is 16.5 Å². The topological polar surface area (TPSA) is 102 Å². The number of carbonyl (C=O) groups is 1. The van der Waals surface area contributed by atoms with Gasteiger partial charge in [0.25, 0.3) is 10.0 Å². The fourth-order valence-corrected chi connectivity index (χ4v) is 3.62. The lowest BCUT2D eigenvalue weighted by atomic mass is 10.2. The molecule has 112 valence electrons. The van der Waals surface area contributed by atoms with Crippen LogP contribution in [0.2, 0.25) is 5.15 Å². The summed E-state index contributed by atoms with van der Waals surface area (Å²) in [5.74, 6) is -1.32. The fraction of sp³-hybridized carbons (Fsp3) is 0. The van der Waals surface area contributed by atoms with Crippen molar-refractivity contribution in [2.24, 2.45) is 0 Å². The van der Waals surface area contributed by atoms with Gasteiger partial charge in [-0.2, -0.15) is 0 Å². The second-order valence-electron chi connectivity index (χ2n) is 4.32. The summed E-state index contributed by atoms with van der Waals surface area (Å²) in [7, 11) is -3.99. The van der Waals surface area contributed by atoms with Crippen molar-refractivity contribution >= 4 is 38.6 Å². The van der Waals surface area contributed by atoms with Crippen molar-refractivity contribution in [3.63, 3.8) is 0 Å². The Morgan fingerprint density at radius 1 is 1.18 bits per heavy atom. The van der Waals surface area contributed by atoms with E-state index in [4.69, 9.17) is 11.6 Å². The zero-order valence-corrected chi connectivity index (χ0v) is 12.4. The van der Waals surface area contributed by atoms with Gasteiger partial charge in [0.15, 0.2) is 5.65 Å². The maximum Gasteiger partial charge on any atom is 0.338 e. The molecule has 1 N–H and O–H groups in total. The van der Waals surface area contributed by atoms with Gasteiger partial charge in [0.1, 0.15) is 11.5 Å². The molecule has 2 heterocycles. The Morgan fingerprint density at radius 3 is 2.50 bits per heavy atom. The molecule has 0 radical (unpaired) electrons. The first-order valence-corrected chi connectivity index (χ1v) is 7.80. The lowest BCUT2D eigenvalue weighted by Crippen LogP contribution is -2.12. The van der Waals surface area contributed by atoms with Crippen LogP contribution in [0.25, 0.3) is 11.0 Å². The molecule has 0 saturated carbocycles. The minimum absolute atomic E-state index is 0.0126.